The molecule has 0 aliphatic carbocycles. The normalized spacial score (nSPS) is 10.7. The topological polar surface area (TPSA) is 80.5 Å². The Balaban J connectivity index is 1.91. The summed E-state index contributed by atoms with van der Waals surface area (Å²) in [6, 6.07) is 7.30. The highest BCUT2D eigenvalue weighted by Crippen LogP contribution is 2.18. The van der Waals surface area contributed by atoms with Crippen LogP contribution in [-0.2, 0) is 11.3 Å². The van der Waals surface area contributed by atoms with Crippen molar-refractivity contribution in [2.24, 2.45) is 0 Å². The van der Waals surface area contributed by atoms with Gasteiger partial charge in [0.15, 0.2) is 5.13 Å². The molecule has 0 aliphatic rings. The second kappa shape index (κ2) is 7.77. The van der Waals surface area contributed by atoms with Gasteiger partial charge in [0.1, 0.15) is 5.75 Å². The number of carbonyl (C=O) groups is 1. The number of benzene rings is 1. The highest BCUT2D eigenvalue weighted by molar-refractivity contribution is 7.15. The Morgan fingerprint density at radius 3 is 2.95 bits per heavy atom. The van der Waals surface area contributed by atoms with E-state index in [0.29, 0.717) is 24.0 Å². The van der Waals surface area contributed by atoms with Crippen molar-refractivity contribution in [3.05, 3.63) is 35.3 Å². The summed E-state index contributed by atoms with van der Waals surface area (Å²) in [6.07, 6.45) is 1.75. The van der Waals surface area contributed by atoms with Crippen LogP contribution in [0.2, 0.25) is 0 Å². The molecule has 1 aromatic carbocycles. The van der Waals surface area contributed by atoms with Gasteiger partial charge in [0.2, 0.25) is 5.91 Å². The van der Waals surface area contributed by atoms with Crippen LogP contribution in [0.4, 0.5) is 10.8 Å². The quantitative estimate of drug-likeness (QED) is 0.817. The van der Waals surface area contributed by atoms with Crippen LogP contribution in [0.15, 0.2) is 30.5 Å². The number of amides is 1. The molecule has 2 aromatic rings. The molecule has 22 heavy (non-hydrogen) atoms. The van der Waals surface area contributed by atoms with E-state index in [-0.39, 0.29) is 5.91 Å². The van der Waals surface area contributed by atoms with Gasteiger partial charge in [-0.2, -0.15) is 0 Å². The predicted octanol–water partition coefficient (Wildman–Crippen LogP) is 2.19. The SMILES string of the molecule is CCN(CC(=O)Nc1cccc(OC)c1)Cc1cnc(N)s1. The molecule has 0 unspecified atom stereocenters. The number of hydrogen-bond acceptors (Lipinski definition) is 6. The van der Waals surface area contributed by atoms with Crippen molar-refractivity contribution in [1.29, 1.82) is 0 Å². The van der Waals surface area contributed by atoms with E-state index >= 15 is 0 Å². The number of carbonyl (C=O) groups excluding carboxylic acids is 1. The predicted molar refractivity (Wildman–Crippen MR) is 89.1 cm³/mol. The van der Waals surface area contributed by atoms with Gasteiger partial charge in [-0.25, -0.2) is 4.98 Å². The van der Waals surface area contributed by atoms with E-state index in [1.165, 1.54) is 11.3 Å². The minimum atomic E-state index is -0.0624. The molecule has 0 spiro atoms. The van der Waals surface area contributed by atoms with Crippen molar-refractivity contribution >= 4 is 28.1 Å². The van der Waals surface area contributed by atoms with E-state index in [9.17, 15) is 4.79 Å². The van der Waals surface area contributed by atoms with Crippen molar-refractivity contribution in [3.63, 3.8) is 0 Å². The summed E-state index contributed by atoms with van der Waals surface area (Å²) in [5, 5.41) is 3.42. The van der Waals surface area contributed by atoms with Gasteiger partial charge in [-0.15, -0.1) is 11.3 Å². The fourth-order valence-corrected chi connectivity index (χ4v) is 2.73. The molecule has 0 saturated carbocycles. The monoisotopic (exact) mass is 320 g/mol. The Morgan fingerprint density at radius 2 is 2.32 bits per heavy atom. The number of nitrogen functional groups attached to an aromatic ring is 1. The number of methoxy groups -OCH3 is 1. The smallest absolute Gasteiger partial charge is 0.238 e. The Kier molecular flexibility index (Phi) is 5.74. The third-order valence-corrected chi connectivity index (χ3v) is 3.93. The van der Waals surface area contributed by atoms with E-state index in [4.69, 9.17) is 10.5 Å². The molecular formula is C15H20N4O2S. The van der Waals surface area contributed by atoms with Crippen LogP contribution in [0.25, 0.3) is 0 Å². The van der Waals surface area contributed by atoms with Crippen molar-refractivity contribution in [3.8, 4) is 5.75 Å². The lowest BCUT2D eigenvalue weighted by atomic mass is 10.3. The van der Waals surface area contributed by atoms with Crippen LogP contribution in [0, 0.1) is 0 Å². The standard InChI is InChI=1S/C15H20N4O2S/c1-3-19(9-13-8-17-15(16)22-13)10-14(20)18-11-5-4-6-12(7-11)21-2/h4-8H,3,9-10H2,1-2H3,(H2,16,17)(H,18,20). The number of anilines is 2. The number of nitrogens with one attached hydrogen (secondary N) is 1. The van der Waals surface area contributed by atoms with Crippen LogP contribution in [0.1, 0.15) is 11.8 Å². The van der Waals surface area contributed by atoms with Gasteiger partial charge < -0.3 is 15.8 Å². The Morgan fingerprint density at radius 1 is 1.50 bits per heavy atom. The molecule has 0 radical (unpaired) electrons. The Hall–Kier alpha value is -2.12. The van der Waals surface area contributed by atoms with Crippen LogP contribution < -0.4 is 15.8 Å². The zero-order valence-corrected chi connectivity index (χ0v) is 13.5. The van der Waals surface area contributed by atoms with Gasteiger partial charge in [-0.1, -0.05) is 13.0 Å². The summed E-state index contributed by atoms with van der Waals surface area (Å²) in [4.78, 5) is 19.3. The first-order valence-electron chi connectivity index (χ1n) is 6.97. The summed E-state index contributed by atoms with van der Waals surface area (Å²) < 4.78 is 5.14. The van der Waals surface area contributed by atoms with E-state index in [2.05, 4.69) is 10.3 Å². The number of hydrogen-bond donors (Lipinski definition) is 2. The molecule has 7 heteroatoms. The average molecular weight is 320 g/mol. The van der Waals surface area contributed by atoms with Crippen LogP contribution in [0.3, 0.4) is 0 Å². The molecule has 0 aliphatic heterocycles. The molecule has 2 rings (SSSR count). The fraction of sp³-hybridized carbons (Fsp3) is 0.333. The van der Waals surface area contributed by atoms with E-state index in [1.54, 1.807) is 19.4 Å². The second-order valence-corrected chi connectivity index (χ2v) is 5.89. The molecule has 0 saturated heterocycles. The Bertz CT molecular complexity index is 630. The molecule has 6 nitrogen and oxygen atoms in total. The van der Waals surface area contributed by atoms with Gasteiger partial charge in [0.05, 0.1) is 13.7 Å². The number of nitrogens with two attached hydrogens (primary N) is 1. The molecular weight excluding hydrogens is 300 g/mol. The lowest BCUT2D eigenvalue weighted by molar-refractivity contribution is -0.117. The second-order valence-electron chi connectivity index (χ2n) is 4.75. The molecule has 118 valence electrons. The maximum Gasteiger partial charge on any atom is 0.238 e. The van der Waals surface area contributed by atoms with Crippen LogP contribution >= 0.6 is 11.3 Å². The molecule has 3 N–H and O–H groups in total. The van der Waals surface area contributed by atoms with Crippen molar-refractivity contribution in [1.82, 2.24) is 9.88 Å². The lowest BCUT2D eigenvalue weighted by Crippen LogP contribution is -2.32. The van der Waals surface area contributed by atoms with E-state index < -0.39 is 0 Å². The molecule has 1 aromatic heterocycles. The van der Waals surface area contributed by atoms with Gasteiger partial charge in [0, 0.05) is 29.4 Å². The maximum atomic E-state index is 12.1. The van der Waals surface area contributed by atoms with Gasteiger partial charge in [-0.05, 0) is 18.7 Å². The summed E-state index contributed by atoms with van der Waals surface area (Å²) >= 11 is 1.44. The summed E-state index contributed by atoms with van der Waals surface area (Å²) in [7, 11) is 1.60. The third kappa shape index (κ3) is 4.71. The van der Waals surface area contributed by atoms with Gasteiger partial charge in [-0.3, -0.25) is 9.69 Å². The molecule has 1 heterocycles. The molecule has 0 fully saturated rings. The van der Waals surface area contributed by atoms with Crippen LogP contribution in [0.5, 0.6) is 5.75 Å². The lowest BCUT2D eigenvalue weighted by Gasteiger charge is -2.18. The fourth-order valence-electron chi connectivity index (χ4n) is 2.00. The maximum absolute atomic E-state index is 12.1. The highest BCUT2D eigenvalue weighted by atomic mass is 32.1. The van der Waals surface area contributed by atoms with Crippen LogP contribution in [-0.4, -0.2) is 36.0 Å². The van der Waals surface area contributed by atoms with Crippen molar-refractivity contribution < 1.29 is 9.53 Å². The minimum absolute atomic E-state index is 0.0624. The molecule has 0 atom stereocenters. The number of likely N-dealkylation sites (N-methyl/N-ethyl adjacent to an activating group) is 1. The summed E-state index contributed by atoms with van der Waals surface area (Å²) in [6.45, 7) is 3.76. The zero-order chi connectivity index (χ0) is 15.9. The first-order chi connectivity index (χ1) is 10.6. The van der Waals surface area contributed by atoms with Gasteiger partial charge in [0.25, 0.3) is 0 Å². The number of nitrogens with zero attached hydrogens (tertiary/aromatic N) is 2. The van der Waals surface area contributed by atoms with E-state index in [1.807, 2.05) is 30.0 Å². The largest absolute Gasteiger partial charge is 0.497 e. The Labute approximate surface area is 133 Å². The highest BCUT2D eigenvalue weighted by Gasteiger charge is 2.11. The van der Waals surface area contributed by atoms with E-state index in [0.717, 1.165) is 17.1 Å². The summed E-state index contributed by atoms with van der Waals surface area (Å²) in [5.41, 5.74) is 6.35. The number of ether oxygens (including phenoxy) is 1. The molecule has 1 amide bonds. The average Bonchev–Trinajstić information content (AvgIpc) is 2.91. The van der Waals surface area contributed by atoms with Gasteiger partial charge >= 0.3 is 0 Å². The summed E-state index contributed by atoms with van der Waals surface area (Å²) in [5.74, 6) is 0.651. The first-order valence-corrected chi connectivity index (χ1v) is 7.78. The minimum Gasteiger partial charge on any atom is -0.497 e. The van der Waals surface area contributed by atoms with Crippen molar-refractivity contribution in [2.45, 2.75) is 13.5 Å². The third-order valence-electron chi connectivity index (χ3n) is 3.12. The first kappa shape index (κ1) is 16.3. The number of rotatable bonds is 7. The zero-order valence-electron chi connectivity index (χ0n) is 12.7. The van der Waals surface area contributed by atoms with Crippen molar-refractivity contribution in [2.75, 3.05) is 31.2 Å². The molecule has 0 bridgehead atoms. The number of aromatic nitrogens is 1. The number of thiazole rings is 1.